The monoisotopic (exact) mass is 226 g/mol. The van der Waals surface area contributed by atoms with Crippen LogP contribution < -0.4 is 10.6 Å². The van der Waals surface area contributed by atoms with Gasteiger partial charge in [-0.05, 0) is 38.3 Å². The molecule has 2 N–H and O–H groups in total. The van der Waals surface area contributed by atoms with Crippen molar-refractivity contribution in [3.63, 3.8) is 0 Å². The fourth-order valence-corrected chi connectivity index (χ4v) is 2.39. The van der Waals surface area contributed by atoms with Crippen LogP contribution in [0.2, 0.25) is 0 Å². The third-order valence-electron chi connectivity index (χ3n) is 3.55. The molecule has 0 aromatic carbocycles. The van der Waals surface area contributed by atoms with Gasteiger partial charge < -0.3 is 15.4 Å². The fourth-order valence-electron chi connectivity index (χ4n) is 2.39. The topological polar surface area (TPSA) is 50.4 Å². The number of amides is 1. The second kappa shape index (κ2) is 6.21. The lowest BCUT2D eigenvalue weighted by molar-refractivity contribution is -0.121. The molecule has 92 valence electrons. The van der Waals surface area contributed by atoms with Gasteiger partial charge in [0.15, 0.2) is 0 Å². The summed E-state index contributed by atoms with van der Waals surface area (Å²) in [7, 11) is 0. The first-order chi connectivity index (χ1) is 7.84. The van der Waals surface area contributed by atoms with Gasteiger partial charge in [0.25, 0.3) is 0 Å². The van der Waals surface area contributed by atoms with E-state index in [0.29, 0.717) is 18.3 Å². The molecular weight excluding hydrogens is 204 g/mol. The van der Waals surface area contributed by atoms with Gasteiger partial charge in [-0.1, -0.05) is 0 Å². The van der Waals surface area contributed by atoms with Crippen LogP contribution in [0, 0.1) is 11.8 Å². The average Bonchev–Trinajstić information content (AvgIpc) is 2.96. The van der Waals surface area contributed by atoms with Crippen LogP contribution in [0.3, 0.4) is 0 Å². The second-order valence-corrected chi connectivity index (χ2v) is 4.93. The maximum atomic E-state index is 11.6. The first-order valence-electron chi connectivity index (χ1n) is 6.40. The van der Waals surface area contributed by atoms with Crippen LogP contribution >= 0.6 is 0 Å². The molecule has 16 heavy (non-hydrogen) atoms. The Balaban J connectivity index is 1.53. The van der Waals surface area contributed by atoms with Gasteiger partial charge in [0, 0.05) is 25.5 Å². The maximum Gasteiger partial charge on any atom is 0.220 e. The molecule has 2 aliphatic rings. The van der Waals surface area contributed by atoms with Gasteiger partial charge >= 0.3 is 0 Å². The van der Waals surface area contributed by atoms with Gasteiger partial charge in [-0.2, -0.15) is 0 Å². The molecule has 0 aromatic heterocycles. The summed E-state index contributed by atoms with van der Waals surface area (Å²) in [6.07, 6.45) is 4.02. The van der Waals surface area contributed by atoms with Crippen molar-refractivity contribution in [2.75, 3.05) is 32.8 Å². The molecule has 0 aromatic rings. The summed E-state index contributed by atoms with van der Waals surface area (Å²) in [5.74, 6) is 1.46. The van der Waals surface area contributed by atoms with Crippen LogP contribution in [-0.4, -0.2) is 38.8 Å². The van der Waals surface area contributed by atoms with Gasteiger partial charge in [-0.3, -0.25) is 4.79 Å². The largest absolute Gasteiger partial charge is 0.381 e. The number of ether oxygens (including phenoxy) is 1. The maximum absolute atomic E-state index is 11.6. The minimum Gasteiger partial charge on any atom is -0.381 e. The highest BCUT2D eigenvalue weighted by Gasteiger charge is 2.18. The Morgan fingerprint density at radius 2 is 2.31 bits per heavy atom. The van der Waals surface area contributed by atoms with Crippen molar-refractivity contribution in [3.8, 4) is 0 Å². The predicted molar refractivity (Wildman–Crippen MR) is 62.1 cm³/mol. The Bertz CT molecular complexity index is 199. The molecule has 0 radical (unpaired) electrons. The number of hydrogen-bond acceptors (Lipinski definition) is 3. The summed E-state index contributed by atoms with van der Waals surface area (Å²) in [6, 6.07) is 0. The molecule has 4 heteroatoms. The zero-order valence-corrected chi connectivity index (χ0v) is 9.84. The van der Waals surface area contributed by atoms with Gasteiger partial charge in [0.1, 0.15) is 0 Å². The predicted octanol–water partition coefficient (Wildman–Crippen LogP) is 0.529. The van der Waals surface area contributed by atoms with Crippen LogP contribution in [-0.2, 0) is 9.53 Å². The molecular formula is C12H22N2O2. The van der Waals surface area contributed by atoms with E-state index in [4.69, 9.17) is 4.74 Å². The SMILES string of the molecule is O=C(CCC1CCNC1)NCC1CCOC1. The summed E-state index contributed by atoms with van der Waals surface area (Å²) >= 11 is 0. The van der Waals surface area contributed by atoms with Crippen molar-refractivity contribution in [3.05, 3.63) is 0 Å². The Labute approximate surface area is 97.1 Å². The third kappa shape index (κ3) is 3.76. The van der Waals surface area contributed by atoms with Crippen LogP contribution in [0.25, 0.3) is 0 Å². The van der Waals surface area contributed by atoms with E-state index < -0.39 is 0 Å². The van der Waals surface area contributed by atoms with E-state index in [1.54, 1.807) is 0 Å². The molecule has 2 aliphatic heterocycles. The van der Waals surface area contributed by atoms with Gasteiger partial charge in [-0.15, -0.1) is 0 Å². The summed E-state index contributed by atoms with van der Waals surface area (Å²) in [4.78, 5) is 11.6. The number of hydrogen-bond donors (Lipinski definition) is 2. The van der Waals surface area contributed by atoms with E-state index in [1.165, 1.54) is 6.42 Å². The summed E-state index contributed by atoms with van der Waals surface area (Å²) in [5.41, 5.74) is 0. The summed E-state index contributed by atoms with van der Waals surface area (Å²) < 4.78 is 5.27. The molecule has 0 aliphatic carbocycles. The minimum atomic E-state index is 0.207. The number of carbonyl (C=O) groups is 1. The Morgan fingerprint density at radius 3 is 3.00 bits per heavy atom. The Hall–Kier alpha value is -0.610. The highest BCUT2D eigenvalue weighted by molar-refractivity contribution is 5.75. The lowest BCUT2D eigenvalue weighted by Crippen LogP contribution is -2.29. The normalized spacial score (nSPS) is 29.5. The van der Waals surface area contributed by atoms with E-state index in [1.807, 2.05) is 0 Å². The molecule has 2 atom stereocenters. The summed E-state index contributed by atoms with van der Waals surface area (Å²) in [5, 5.41) is 6.33. The first-order valence-corrected chi connectivity index (χ1v) is 6.40. The van der Waals surface area contributed by atoms with Crippen LogP contribution in [0.4, 0.5) is 0 Å². The molecule has 2 saturated heterocycles. The van der Waals surface area contributed by atoms with Crippen LogP contribution in [0.5, 0.6) is 0 Å². The second-order valence-electron chi connectivity index (χ2n) is 4.93. The molecule has 0 bridgehead atoms. The number of nitrogens with one attached hydrogen (secondary N) is 2. The molecule has 2 heterocycles. The molecule has 2 fully saturated rings. The highest BCUT2D eigenvalue weighted by Crippen LogP contribution is 2.14. The van der Waals surface area contributed by atoms with E-state index in [0.717, 1.165) is 45.7 Å². The quantitative estimate of drug-likeness (QED) is 0.719. The van der Waals surface area contributed by atoms with Crippen molar-refractivity contribution in [1.29, 1.82) is 0 Å². The Kier molecular flexibility index (Phi) is 4.60. The number of rotatable bonds is 5. The lowest BCUT2D eigenvalue weighted by atomic mass is 10.0. The van der Waals surface area contributed by atoms with Crippen LogP contribution in [0.15, 0.2) is 0 Å². The minimum absolute atomic E-state index is 0.207. The average molecular weight is 226 g/mol. The molecule has 4 nitrogen and oxygen atoms in total. The van der Waals surface area contributed by atoms with Crippen molar-refractivity contribution < 1.29 is 9.53 Å². The number of carbonyl (C=O) groups excluding carboxylic acids is 1. The standard InChI is InChI=1S/C12H22N2O2/c15-12(2-1-10-3-5-13-7-10)14-8-11-4-6-16-9-11/h10-11,13H,1-9H2,(H,14,15). The van der Waals surface area contributed by atoms with E-state index in [9.17, 15) is 4.79 Å². The van der Waals surface area contributed by atoms with Gasteiger partial charge in [0.05, 0.1) is 6.61 Å². The fraction of sp³-hybridized carbons (Fsp3) is 0.917. The van der Waals surface area contributed by atoms with E-state index in [-0.39, 0.29) is 5.91 Å². The zero-order chi connectivity index (χ0) is 11.2. The highest BCUT2D eigenvalue weighted by atomic mass is 16.5. The lowest BCUT2D eigenvalue weighted by Gasteiger charge is -2.11. The van der Waals surface area contributed by atoms with Crippen molar-refractivity contribution in [2.45, 2.75) is 25.7 Å². The van der Waals surface area contributed by atoms with Crippen molar-refractivity contribution in [2.24, 2.45) is 11.8 Å². The Morgan fingerprint density at radius 1 is 1.38 bits per heavy atom. The van der Waals surface area contributed by atoms with Gasteiger partial charge in [0.2, 0.25) is 5.91 Å². The van der Waals surface area contributed by atoms with E-state index >= 15 is 0 Å². The summed E-state index contributed by atoms with van der Waals surface area (Å²) in [6.45, 7) is 4.66. The molecule has 0 spiro atoms. The molecule has 1 amide bonds. The van der Waals surface area contributed by atoms with Crippen LogP contribution in [0.1, 0.15) is 25.7 Å². The zero-order valence-electron chi connectivity index (χ0n) is 9.84. The van der Waals surface area contributed by atoms with Gasteiger partial charge in [-0.25, -0.2) is 0 Å². The molecule has 2 rings (SSSR count). The first kappa shape index (κ1) is 11.9. The molecule has 0 saturated carbocycles. The molecule has 2 unspecified atom stereocenters. The van der Waals surface area contributed by atoms with E-state index in [2.05, 4.69) is 10.6 Å². The van der Waals surface area contributed by atoms with Crippen molar-refractivity contribution >= 4 is 5.91 Å². The van der Waals surface area contributed by atoms with Crippen molar-refractivity contribution in [1.82, 2.24) is 10.6 Å². The smallest absolute Gasteiger partial charge is 0.220 e. The third-order valence-corrected chi connectivity index (χ3v) is 3.55.